The average Bonchev–Trinajstić information content (AvgIpc) is 3.05. The van der Waals surface area contributed by atoms with Gasteiger partial charge in [-0.3, -0.25) is 0 Å². The van der Waals surface area contributed by atoms with Crippen LogP contribution in [0, 0.1) is 5.41 Å². The second-order valence-corrected chi connectivity index (χ2v) is 5.16. The normalized spacial score (nSPS) is 17.0. The highest BCUT2D eigenvalue weighted by Gasteiger charge is 2.36. The molecule has 1 aromatic carbocycles. The predicted octanol–water partition coefficient (Wildman–Crippen LogP) is 2.42. The van der Waals surface area contributed by atoms with Crippen LogP contribution in [0.1, 0.15) is 19.8 Å². The van der Waals surface area contributed by atoms with Gasteiger partial charge in [0.2, 0.25) is 0 Å². The molecule has 1 aliphatic carbocycles. The highest BCUT2D eigenvalue weighted by atomic mass is 15.0. The Morgan fingerprint density at radius 1 is 1.35 bits per heavy atom. The lowest BCUT2D eigenvalue weighted by Gasteiger charge is -2.12. The Kier molecular flexibility index (Phi) is 2.18. The topological polar surface area (TPSA) is 63.8 Å². The molecule has 3 N–H and O–H groups in total. The van der Waals surface area contributed by atoms with Crippen LogP contribution < -0.4 is 11.1 Å². The van der Waals surface area contributed by atoms with Gasteiger partial charge >= 0.3 is 0 Å². The van der Waals surface area contributed by atoms with E-state index in [4.69, 9.17) is 5.73 Å². The molecular formula is C13H16N4. The Balaban J connectivity index is 1.92. The lowest BCUT2D eigenvalue weighted by atomic mass is 10.1. The molecule has 0 amide bonds. The number of aromatic nitrogens is 2. The predicted molar refractivity (Wildman–Crippen MR) is 69.8 cm³/mol. The van der Waals surface area contributed by atoms with Gasteiger partial charge in [0, 0.05) is 17.6 Å². The van der Waals surface area contributed by atoms with Crippen LogP contribution in [0.4, 0.5) is 11.5 Å². The summed E-state index contributed by atoms with van der Waals surface area (Å²) >= 11 is 0. The fourth-order valence-electron chi connectivity index (χ4n) is 1.90. The maximum absolute atomic E-state index is 5.75. The van der Waals surface area contributed by atoms with Crippen molar-refractivity contribution >= 4 is 22.4 Å². The quantitative estimate of drug-likeness (QED) is 0.792. The first-order chi connectivity index (χ1) is 8.16. The van der Waals surface area contributed by atoms with E-state index in [2.05, 4.69) is 22.2 Å². The van der Waals surface area contributed by atoms with Gasteiger partial charge in [0.05, 0.1) is 5.52 Å². The number of nitrogens with one attached hydrogen (secondary N) is 1. The number of benzene rings is 1. The zero-order valence-electron chi connectivity index (χ0n) is 9.90. The fraction of sp³-hybridized carbons (Fsp3) is 0.385. The number of anilines is 2. The minimum absolute atomic E-state index is 0.463. The summed E-state index contributed by atoms with van der Waals surface area (Å²) < 4.78 is 0. The van der Waals surface area contributed by atoms with Crippen molar-refractivity contribution in [1.82, 2.24) is 9.97 Å². The van der Waals surface area contributed by atoms with Gasteiger partial charge in [-0.25, -0.2) is 9.97 Å². The largest absolute Gasteiger partial charge is 0.399 e. The molecule has 0 bridgehead atoms. The van der Waals surface area contributed by atoms with E-state index in [1.807, 2.05) is 18.2 Å². The molecule has 1 saturated carbocycles. The van der Waals surface area contributed by atoms with Gasteiger partial charge in [-0.1, -0.05) is 6.92 Å². The van der Waals surface area contributed by atoms with Crippen molar-refractivity contribution in [3.63, 3.8) is 0 Å². The van der Waals surface area contributed by atoms with E-state index in [0.29, 0.717) is 5.41 Å². The Morgan fingerprint density at radius 2 is 2.18 bits per heavy atom. The van der Waals surface area contributed by atoms with Crippen molar-refractivity contribution in [2.24, 2.45) is 5.41 Å². The van der Waals surface area contributed by atoms with E-state index < -0.39 is 0 Å². The maximum atomic E-state index is 5.75. The number of hydrogen-bond donors (Lipinski definition) is 2. The van der Waals surface area contributed by atoms with Gasteiger partial charge in [-0.05, 0) is 36.5 Å². The molecule has 0 unspecified atom stereocenters. The molecule has 1 fully saturated rings. The van der Waals surface area contributed by atoms with Crippen LogP contribution in [0.2, 0.25) is 0 Å². The van der Waals surface area contributed by atoms with Crippen LogP contribution in [0.15, 0.2) is 24.5 Å². The summed E-state index contributed by atoms with van der Waals surface area (Å²) in [5.41, 5.74) is 7.83. The summed E-state index contributed by atoms with van der Waals surface area (Å²) in [6.45, 7) is 3.27. The van der Waals surface area contributed by atoms with Crippen molar-refractivity contribution < 1.29 is 0 Å². The lowest BCUT2D eigenvalue weighted by Crippen LogP contribution is -2.13. The number of nitrogen functional groups attached to an aromatic ring is 1. The van der Waals surface area contributed by atoms with Crippen molar-refractivity contribution in [3.05, 3.63) is 24.5 Å². The van der Waals surface area contributed by atoms with Crippen molar-refractivity contribution in [2.45, 2.75) is 19.8 Å². The molecule has 4 nitrogen and oxygen atoms in total. The Bertz CT molecular complexity index is 560. The number of hydrogen-bond acceptors (Lipinski definition) is 4. The van der Waals surface area contributed by atoms with Crippen LogP contribution >= 0.6 is 0 Å². The molecule has 0 spiro atoms. The van der Waals surface area contributed by atoms with E-state index in [9.17, 15) is 0 Å². The van der Waals surface area contributed by atoms with Crippen LogP contribution in [-0.2, 0) is 0 Å². The van der Waals surface area contributed by atoms with Gasteiger partial charge in [0.1, 0.15) is 12.1 Å². The molecule has 0 radical (unpaired) electrons. The van der Waals surface area contributed by atoms with E-state index in [-0.39, 0.29) is 0 Å². The van der Waals surface area contributed by atoms with Crippen molar-refractivity contribution in [2.75, 3.05) is 17.6 Å². The summed E-state index contributed by atoms with van der Waals surface area (Å²) in [6.07, 6.45) is 4.19. The standard InChI is InChI=1S/C13H16N4/c1-13(4-5-13)7-15-12-10-3-2-9(14)6-11(10)16-8-17-12/h2-3,6,8H,4-5,7,14H2,1H3,(H,15,16,17). The minimum Gasteiger partial charge on any atom is -0.399 e. The molecule has 0 atom stereocenters. The van der Waals surface area contributed by atoms with Crippen LogP contribution in [0.5, 0.6) is 0 Å². The monoisotopic (exact) mass is 228 g/mol. The molecule has 88 valence electrons. The first-order valence-corrected chi connectivity index (χ1v) is 5.90. The third-order valence-corrected chi connectivity index (χ3v) is 3.45. The zero-order valence-corrected chi connectivity index (χ0v) is 9.90. The highest BCUT2D eigenvalue weighted by molar-refractivity contribution is 5.90. The number of rotatable bonds is 3. The SMILES string of the molecule is CC1(CNc2ncnc3cc(N)ccc23)CC1. The smallest absolute Gasteiger partial charge is 0.137 e. The first-order valence-electron chi connectivity index (χ1n) is 5.90. The van der Waals surface area contributed by atoms with Gasteiger partial charge in [0.25, 0.3) is 0 Å². The van der Waals surface area contributed by atoms with Crippen molar-refractivity contribution in [1.29, 1.82) is 0 Å². The molecule has 3 rings (SSSR count). The van der Waals surface area contributed by atoms with Gasteiger partial charge < -0.3 is 11.1 Å². The minimum atomic E-state index is 0.463. The first kappa shape index (κ1) is 10.3. The Hall–Kier alpha value is -1.84. The Labute approximate surface area is 100 Å². The van der Waals surface area contributed by atoms with Crippen LogP contribution in [0.3, 0.4) is 0 Å². The van der Waals surface area contributed by atoms with E-state index in [0.717, 1.165) is 29.0 Å². The lowest BCUT2D eigenvalue weighted by molar-refractivity contribution is 0.610. The molecule has 1 heterocycles. The molecule has 0 aliphatic heterocycles. The number of nitrogens with zero attached hydrogens (tertiary/aromatic N) is 2. The average molecular weight is 228 g/mol. The summed E-state index contributed by atoms with van der Waals surface area (Å²) in [5.74, 6) is 0.906. The van der Waals surface area contributed by atoms with E-state index >= 15 is 0 Å². The van der Waals surface area contributed by atoms with Crippen LogP contribution in [0.25, 0.3) is 10.9 Å². The second kappa shape index (κ2) is 3.58. The molecular weight excluding hydrogens is 212 g/mol. The van der Waals surface area contributed by atoms with E-state index in [1.54, 1.807) is 6.33 Å². The molecule has 1 aromatic heterocycles. The third-order valence-electron chi connectivity index (χ3n) is 3.45. The summed E-state index contributed by atoms with van der Waals surface area (Å²) in [6, 6.07) is 5.74. The summed E-state index contributed by atoms with van der Waals surface area (Å²) in [7, 11) is 0. The number of nitrogens with two attached hydrogens (primary N) is 1. The summed E-state index contributed by atoms with van der Waals surface area (Å²) in [5, 5.41) is 4.45. The maximum Gasteiger partial charge on any atom is 0.137 e. The fourth-order valence-corrected chi connectivity index (χ4v) is 1.90. The molecule has 1 aliphatic rings. The van der Waals surface area contributed by atoms with Crippen molar-refractivity contribution in [3.8, 4) is 0 Å². The molecule has 17 heavy (non-hydrogen) atoms. The molecule has 4 heteroatoms. The third kappa shape index (κ3) is 2.02. The number of fused-ring (bicyclic) bond motifs is 1. The van der Waals surface area contributed by atoms with E-state index in [1.165, 1.54) is 12.8 Å². The molecule has 0 saturated heterocycles. The van der Waals surface area contributed by atoms with Crippen LogP contribution in [-0.4, -0.2) is 16.5 Å². The Morgan fingerprint density at radius 3 is 2.94 bits per heavy atom. The second-order valence-electron chi connectivity index (χ2n) is 5.16. The molecule has 2 aromatic rings. The van der Waals surface area contributed by atoms with Gasteiger partial charge in [-0.15, -0.1) is 0 Å². The summed E-state index contributed by atoms with van der Waals surface area (Å²) in [4.78, 5) is 8.54. The van der Waals surface area contributed by atoms with Gasteiger partial charge in [-0.2, -0.15) is 0 Å². The highest BCUT2D eigenvalue weighted by Crippen LogP contribution is 2.44. The van der Waals surface area contributed by atoms with Gasteiger partial charge in [0.15, 0.2) is 0 Å². The zero-order chi connectivity index (χ0) is 11.9.